The minimum atomic E-state index is -0.448. The van der Waals surface area contributed by atoms with Gasteiger partial charge in [0, 0.05) is 23.2 Å². The first-order valence-corrected chi connectivity index (χ1v) is 5.89. The predicted molar refractivity (Wildman–Crippen MR) is 67.4 cm³/mol. The van der Waals surface area contributed by atoms with Crippen molar-refractivity contribution in [2.45, 2.75) is 39.3 Å². The van der Waals surface area contributed by atoms with Crippen LogP contribution in [0.15, 0.2) is 12.1 Å². The number of hydrogen-bond donors (Lipinski definition) is 2. The zero-order chi connectivity index (χ0) is 13.5. The average molecular weight is 251 g/mol. The molecule has 0 saturated heterocycles. The summed E-state index contributed by atoms with van der Waals surface area (Å²) in [5.41, 5.74) is 0.401. The summed E-state index contributed by atoms with van der Waals surface area (Å²) in [6, 6.07) is 3.07. The molecule has 0 amide bonds. The highest BCUT2D eigenvalue weighted by molar-refractivity contribution is 5.57. The van der Waals surface area contributed by atoms with Crippen molar-refractivity contribution in [3.63, 3.8) is 0 Å². The maximum Gasteiger partial charge on any atom is 0.311 e. The van der Waals surface area contributed by atoms with E-state index in [1.54, 1.807) is 13.0 Å². The Bertz CT molecular complexity index is 487. The maximum absolute atomic E-state index is 10.9. The molecule has 0 aromatic carbocycles. The van der Waals surface area contributed by atoms with Gasteiger partial charge < -0.3 is 10.4 Å². The highest BCUT2D eigenvalue weighted by atomic mass is 16.6. The first-order valence-electron chi connectivity index (χ1n) is 5.89. The Labute approximate surface area is 105 Å². The number of pyridine rings is 1. The van der Waals surface area contributed by atoms with E-state index in [9.17, 15) is 15.2 Å². The molecule has 2 N–H and O–H groups in total. The van der Waals surface area contributed by atoms with E-state index in [1.165, 1.54) is 6.07 Å². The standard InChI is InChI=1S/C12H17N3O3/c1-7-4-5-8(15(17)18)11(13-7)14-9-6-10(16)12(9,2)3/h4-5,9-10,16H,6H2,1-3H3,(H,13,14). The van der Waals surface area contributed by atoms with Gasteiger partial charge >= 0.3 is 5.69 Å². The van der Waals surface area contributed by atoms with Crippen LogP contribution in [0, 0.1) is 22.5 Å². The molecule has 2 atom stereocenters. The molecule has 1 aromatic heterocycles. The van der Waals surface area contributed by atoms with Crippen molar-refractivity contribution in [2.75, 3.05) is 5.32 Å². The van der Waals surface area contributed by atoms with Gasteiger partial charge in [0.1, 0.15) is 0 Å². The average Bonchev–Trinajstić information content (AvgIpc) is 2.28. The van der Waals surface area contributed by atoms with Gasteiger partial charge in [0.15, 0.2) is 0 Å². The molecule has 1 aromatic rings. The topological polar surface area (TPSA) is 88.3 Å². The van der Waals surface area contributed by atoms with Crippen LogP contribution in [0.25, 0.3) is 0 Å². The number of aromatic nitrogens is 1. The fraction of sp³-hybridized carbons (Fsp3) is 0.583. The Hall–Kier alpha value is -1.69. The lowest BCUT2D eigenvalue weighted by Gasteiger charge is -2.49. The Morgan fingerprint density at radius 1 is 1.56 bits per heavy atom. The predicted octanol–water partition coefficient (Wildman–Crippen LogP) is 1.87. The molecule has 1 fully saturated rings. The Kier molecular flexibility index (Phi) is 2.98. The van der Waals surface area contributed by atoms with Crippen LogP contribution in [0.5, 0.6) is 0 Å². The van der Waals surface area contributed by atoms with E-state index in [2.05, 4.69) is 10.3 Å². The van der Waals surface area contributed by atoms with Crippen LogP contribution in [0.3, 0.4) is 0 Å². The molecule has 6 heteroatoms. The fourth-order valence-electron chi connectivity index (χ4n) is 2.12. The van der Waals surface area contributed by atoms with Crippen LogP contribution in [0.2, 0.25) is 0 Å². The van der Waals surface area contributed by atoms with Crippen LogP contribution in [0.4, 0.5) is 11.5 Å². The van der Waals surface area contributed by atoms with Crippen molar-refractivity contribution in [1.29, 1.82) is 0 Å². The zero-order valence-electron chi connectivity index (χ0n) is 10.7. The second-order valence-electron chi connectivity index (χ2n) is 5.35. The van der Waals surface area contributed by atoms with E-state index in [0.29, 0.717) is 6.42 Å². The van der Waals surface area contributed by atoms with Gasteiger partial charge in [-0.1, -0.05) is 13.8 Å². The summed E-state index contributed by atoms with van der Waals surface area (Å²) in [6.07, 6.45) is 0.207. The normalized spacial score (nSPS) is 25.3. The largest absolute Gasteiger partial charge is 0.392 e. The number of rotatable bonds is 3. The molecule has 1 aliphatic carbocycles. The number of aliphatic hydroxyl groups is 1. The second kappa shape index (κ2) is 4.20. The SMILES string of the molecule is Cc1ccc([N+](=O)[O-])c(NC2CC(O)C2(C)C)n1. The van der Waals surface area contributed by atoms with Gasteiger partial charge in [-0.2, -0.15) is 0 Å². The first kappa shape index (κ1) is 12.8. The summed E-state index contributed by atoms with van der Waals surface area (Å²) < 4.78 is 0. The molecule has 2 rings (SSSR count). The zero-order valence-corrected chi connectivity index (χ0v) is 10.7. The number of nitrogens with zero attached hydrogens (tertiary/aromatic N) is 2. The number of nitro groups is 1. The second-order valence-corrected chi connectivity index (χ2v) is 5.35. The Morgan fingerprint density at radius 2 is 2.22 bits per heavy atom. The van der Waals surface area contributed by atoms with Gasteiger partial charge in [-0.15, -0.1) is 0 Å². The monoisotopic (exact) mass is 251 g/mol. The summed E-state index contributed by atoms with van der Waals surface area (Å²) in [6.45, 7) is 5.65. The third kappa shape index (κ3) is 2.03. The highest BCUT2D eigenvalue weighted by Crippen LogP contribution is 2.42. The minimum absolute atomic E-state index is 0.000463. The van der Waals surface area contributed by atoms with Gasteiger partial charge in [0.25, 0.3) is 0 Å². The lowest BCUT2D eigenvalue weighted by Crippen LogP contribution is -2.57. The third-order valence-corrected chi connectivity index (χ3v) is 3.74. The molecular formula is C12H17N3O3. The molecule has 6 nitrogen and oxygen atoms in total. The molecule has 2 unspecified atom stereocenters. The lowest BCUT2D eigenvalue weighted by molar-refractivity contribution is -0.384. The summed E-state index contributed by atoms with van der Waals surface area (Å²) in [7, 11) is 0. The molecule has 1 aliphatic rings. The van der Waals surface area contributed by atoms with Gasteiger partial charge in [0.2, 0.25) is 5.82 Å². The Morgan fingerprint density at radius 3 is 2.72 bits per heavy atom. The van der Waals surface area contributed by atoms with Crippen molar-refractivity contribution < 1.29 is 10.0 Å². The molecule has 0 bridgehead atoms. The molecular weight excluding hydrogens is 234 g/mol. The molecule has 1 saturated carbocycles. The molecule has 0 spiro atoms. The van der Waals surface area contributed by atoms with E-state index in [0.717, 1.165) is 5.69 Å². The lowest BCUT2D eigenvalue weighted by atomic mass is 9.64. The smallest absolute Gasteiger partial charge is 0.311 e. The van der Waals surface area contributed by atoms with Crippen molar-refractivity contribution in [3.8, 4) is 0 Å². The van der Waals surface area contributed by atoms with Gasteiger partial charge in [-0.05, 0) is 19.4 Å². The number of hydrogen-bond acceptors (Lipinski definition) is 5. The third-order valence-electron chi connectivity index (χ3n) is 3.74. The number of anilines is 1. The summed E-state index contributed by atoms with van der Waals surface area (Å²) in [4.78, 5) is 14.6. The first-order chi connectivity index (χ1) is 8.32. The number of nitrogens with one attached hydrogen (secondary N) is 1. The van der Waals surface area contributed by atoms with Gasteiger partial charge in [0.05, 0.1) is 11.0 Å². The van der Waals surface area contributed by atoms with E-state index >= 15 is 0 Å². The minimum Gasteiger partial charge on any atom is -0.392 e. The molecule has 98 valence electrons. The van der Waals surface area contributed by atoms with Crippen LogP contribution in [-0.4, -0.2) is 27.2 Å². The van der Waals surface area contributed by atoms with Crippen LogP contribution in [0.1, 0.15) is 26.0 Å². The van der Waals surface area contributed by atoms with E-state index in [-0.39, 0.29) is 29.1 Å². The van der Waals surface area contributed by atoms with E-state index < -0.39 is 4.92 Å². The van der Waals surface area contributed by atoms with Gasteiger partial charge in [-0.25, -0.2) is 4.98 Å². The molecule has 0 radical (unpaired) electrons. The highest BCUT2D eigenvalue weighted by Gasteiger charge is 2.47. The molecule has 1 heterocycles. The van der Waals surface area contributed by atoms with Crippen LogP contribution < -0.4 is 5.32 Å². The van der Waals surface area contributed by atoms with Gasteiger partial charge in [-0.3, -0.25) is 10.1 Å². The molecule has 0 aliphatic heterocycles. The van der Waals surface area contributed by atoms with Crippen molar-refractivity contribution in [2.24, 2.45) is 5.41 Å². The fourth-order valence-corrected chi connectivity index (χ4v) is 2.12. The van der Waals surface area contributed by atoms with Crippen LogP contribution >= 0.6 is 0 Å². The quantitative estimate of drug-likeness (QED) is 0.632. The van der Waals surface area contributed by atoms with Crippen molar-refractivity contribution >= 4 is 11.5 Å². The number of aryl methyl sites for hydroxylation is 1. The summed E-state index contributed by atoms with van der Waals surface area (Å²) in [5.74, 6) is 0.282. The van der Waals surface area contributed by atoms with E-state index in [1.807, 2.05) is 13.8 Å². The number of aliphatic hydroxyl groups excluding tert-OH is 1. The summed E-state index contributed by atoms with van der Waals surface area (Å²) >= 11 is 0. The van der Waals surface area contributed by atoms with Crippen molar-refractivity contribution in [1.82, 2.24) is 4.98 Å². The van der Waals surface area contributed by atoms with Crippen LogP contribution in [-0.2, 0) is 0 Å². The summed E-state index contributed by atoms with van der Waals surface area (Å²) in [5, 5.41) is 23.7. The van der Waals surface area contributed by atoms with E-state index in [4.69, 9.17) is 0 Å². The maximum atomic E-state index is 10.9. The Balaban J connectivity index is 2.24. The molecule has 18 heavy (non-hydrogen) atoms. The van der Waals surface area contributed by atoms with Crippen molar-refractivity contribution in [3.05, 3.63) is 27.9 Å².